The second-order valence-corrected chi connectivity index (χ2v) is 10.2. The number of likely N-dealkylation sites (tertiary alicyclic amines) is 1. The summed E-state index contributed by atoms with van der Waals surface area (Å²) >= 11 is 0. The third-order valence-electron chi connectivity index (χ3n) is 5.79. The Kier molecular flexibility index (Phi) is 6.55. The molecule has 162 valence electrons. The Morgan fingerprint density at radius 1 is 1.10 bits per heavy atom. The largest absolute Gasteiger partial charge is 0.356 e. The number of aliphatic hydroxyl groups excluding tert-OH is 1. The van der Waals surface area contributed by atoms with Gasteiger partial charge in [0.25, 0.3) is 0 Å². The quantitative estimate of drug-likeness (QED) is 0.630. The molecule has 1 heterocycles. The van der Waals surface area contributed by atoms with Gasteiger partial charge in [0.2, 0.25) is 16.4 Å². The molecule has 2 aromatic rings. The van der Waals surface area contributed by atoms with Crippen LogP contribution in [0.2, 0.25) is 0 Å². The van der Waals surface area contributed by atoms with Crippen LogP contribution in [0.4, 0.5) is 0 Å². The number of nitrogens with one attached hydrogen (secondary N) is 1. The van der Waals surface area contributed by atoms with E-state index >= 15 is 0 Å². The van der Waals surface area contributed by atoms with Crippen molar-refractivity contribution in [3.63, 3.8) is 0 Å². The molecule has 30 heavy (non-hydrogen) atoms. The van der Waals surface area contributed by atoms with Gasteiger partial charge < -0.3 is 9.84 Å². The summed E-state index contributed by atoms with van der Waals surface area (Å²) in [5.41, 5.74) is 3.37. The fraction of sp³-hybridized carbons (Fsp3) is 0.478. The Bertz CT molecular complexity index is 947. The van der Waals surface area contributed by atoms with Crippen molar-refractivity contribution in [1.82, 2.24) is 9.62 Å². The Hall–Kier alpha value is -1.77. The van der Waals surface area contributed by atoms with E-state index in [1.165, 1.54) is 6.26 Å². The zero-order chi connectivity index (χ0) is 21.1. The monoisotopic (exact) mass is 430 g/mol. The van der Waals surface area contributed by atoms with Gasteiger partial charge >= 0.3 is 0 Å². The molecule has 2 aromatic carbocycles. The molecular formula is C23H30N2O4S. The van der Waals surface area contributed by atoms with Crippen molar-refractivity contribution in [1.29, 1.82) is 0 Å². The van der Waals surface area contributed by atoms with Gasteiger partial charge in [-0.1, -0.05) is 54.6 Å². The van der Waals surface area contributed by atoms with Gasteiger partial charge in [-0.05, 0) is 48.8 Å². The number of sulfonamides is 1. The number of piperidine rings is 1. The van der Waals surface area contributed by atoms with Crippen LogP contribution < -0.4 is 4.72 Å². The number of benzene rings is 2. The van der Waals surface area contributed by atoms with Gasteiger partial charge in [0, 0.05) is 18.6 Å². The fourth-order valence-electron chi connectivity index (χ4n) is 4.23. The predicted octanol–water partition coefficient (Wildman–Crippen LogP) is 2.73. The third-order valence-corrected chi connectivity index (χ3v) is 6.52. The summed E-state index contributed by atoms with van der Waals surface area (Å²) in [7, 11) is -3.36. The summed E-state index contributed by atoms with van der Waals surface area (Å²) in [6.07, 6.45) is 4.41. The first-order valence-corrected chi connectivity index (χ1v) is 12.5. The van der Waals surface area contributed by atoms with Crippen molar-refractivity contribution < 1.29 is 18.3 Å². The maximum atomic E-state index is 12.0. The summed E-state index contributed by atoms with van der Waals surface area (Å²) < 4.78 is 32.5. The van der Waals surface area contributed by atoms with Crippen LogP contribution in [-0.2, 0) is 21.2 Å². The molecule has 0 spiro atoms. The Balaban J connectivity index is 1.58. The standard InChI is InChI=1S/C23H30N2O4S/c1-30(27,28)24-21-11-6-14-25(23(26)29-20-12-13-20)22(21)16-17-7-5-10-19(15-17)18-8-3-2-4-9-18/h2-5,7-10,15,20-24,26H,6,11-14,16H2,1H3. The SMILES string of the molecule is CS(=O)(=O)NC1CCCN(C(O)OC2CC2)C1Cc1cccc(-c2ccccc2)c1. The normalized spacial score (nSPS) is 23.9. The zero-order valence-corrected chi connectivity index (χ0v) is 18.1. The van der Waals surface area contributed by atoms with Crippen molar-refractivity contribution in [2.45, 2.75) is 56.7 Å². The number of aliphatic hydroxyl groups is 1. The van der Waals surface area contributed by atoms with Gasteiger partial charge in [-0.15, -0.1) is 0 Å². The summed E-state index contributed by atoms with van der Waals surface area (Å²) in [5, 5.41) is 10.7. The molecule has 4 rings (SSSR count). The predicted molar refractivity (Wildman–Crippen MR) is 117 cm³/mol. The highest BCUT2D eigenvalue weighted by atomic mass is 32.2. The number of rotatable bonds is 8. The molecule has 6 nitrogen and oxygen atoms in total. The average molecular weight is 431 g/mol. The van der Waals surface area contributed by atoms with Crippen LogP contribution in [0.1, 0.15) is 31.2 Å². The van der Waals surface area contributed by atoms with E-state index < -0.39 is 16.4 Å². The fourth-order valence-corrected chi connectivity index (χ4v) is 5.06. The molecule has 1 saturated carbocycles. The highest BCUT2D eigenvalue weighted by Crippen LogP contribution is 2.30. The first-order valence-electron chi connectivity index (χ1n) is 10.6. The van der Waals surface area contributed by atoms with Crippen molar-refractivity contribution >= 4 is 10.0 Å². The molecule has 1 saturated heterocycles. The molecule has 1 aliphatic carbocycles. The minimum absolute atomic E-state index is 0.116. The first kappa shape index (κ1) is 21.5. The van der Waals surface area contributed by atoms with Gasteiger partial charge in [0.1, 0.15) is 0 Å². The molecule has 0 radical (unpaired) electrons. The van der Waals surface area contributed by atoms with Gasteiger partial charge in [0.15, 0.2) is 0 Å². The molecule has 3 unspecified atom stereocenters. The van der Waals surface area contributed by atoms with E-state index in [1.807, 2.05) is 29.2 Å². The smallest absolute Gasteiger partial charge is 0.216 e. The first-order chi connectivity index (χ1) is 14.4. The van der Waals surface area contributed by atoms with Gasteiger partial charge in [0.05, 0.1) is 12.4 Å². The summed E-state index contributed by atoms with van der Waals surface area (Å²) in [4.78, 5) is 1.92. The lowest BCUT2D eigenvalue weighted by Gasteiger charge is -2.43. The Morgan fingerprint density at radius 2 is 1.83 bits per heavy atom. The number of ether oxygens (including phenoxy) is 1. The zero-order valence-electron chi connectivity index (χ0n) is 17.3. The lowest BCUT2D eigenvalue weighted by Crippen LogP contribution is -2.59. The minimum Gasteiger partial charge on any atom is -0.356 e. The number of nitrogens with zero attached hydrogens (tertiary/aromatic N) is 1. The van der Waals surface area contributed by atoms with Crippen LogP contribution in [0, 0.1) is 0 Å². The minimum atomic E-state index is -3.36. The second kappa shape index (κ2) is 9.16. The second-order valence-electron chi connectivity index (χ2n) is 8.38. The molecule has 2 fully saturated rings. The topological polar surface area (TPSA) is 78.9 Å². The summed E-state index contributed by atoms with van der Waals surface area (Å²) in [6.45, 7) is 0.679. The van der Waals surface area contributed by atoms with E-state index in [4.69, 9.17) is 4.74 Å². The lowest BCUT2D eigenvalue weighted by molar-refractivity contribution is -0.219. The molecular weight excluding hydrogens is 400 g/mol. The van der Waals surface area contributed by atoms with Crippen LogP contribution >= 0.6 is 0 Å². The molecule has 7 heteroatoms. The van der Waals surface area contributed by atoms with Gasteiger partial charge in [-0.25, -0.2) is 13.1 Å². The Morgan fingerprint density at radius 3 is 2.53 bits per heavy atom. The molecule has 0 bridgehead atoms. The van der Waals surface area contributed by atoms with Gasteiger partial charge in [-0.2, -0.15) is 0 Å². The van der Waals surface area contributed by atoms with Crippen molar-refractivity contribution in [2.24, 2.45) is 0 Å². The molecule has 3 atom stereocenters. The summed E-state index contributed by atoms with van der Waals surface area (Å²) in [5.74, 6) is 0. The molecule has 0 amide bonds. The van der Waals surface area contributed by atoms with Crippen molar-refractivity contribution in [3.05, 3.63) is 60.2 Å². The maximum Gasteiger partial charge on any atom is 0.216 e. The molecule has 2 aliphatic rings. The van der Waals surface area contributed by atoms with E-state index in [1.54, 1.807) is 0 Å². The lowest BCUT2D eigenvalue weighted by atomic mass is 9.90. The van der Waals surface area contributed by atoms with Crippen LogP contribution in [0.25, 0.3) is 11.1 Å². The van der Waals surface area contributed by atoms with Crippen LogP contribution in [0.15, 0.2) is 54.6 Å². The third kappa shape index (κ3) is 5.68. The highest BCUT2D eigenvalue weighted by Gasteiger charge is 2.38. The summed E-state index contributed by atoms with van der Waals surface area (Å²) in [6, 6.07) is 18.0. The van der Waals surface area contributed by atoms with Crippen molar-refractivity contribution in [2.75, 3.05) is 12.8 Å². The highest BCUT2D eigenvalue weighted by molar-refractivity contribution is 7.88. The Labute approximate surface area is 178 Å². The van der Waals surface area contributed by atoms with Crippen LogP contribution in [0.3, 0.4) is 0 Å². The van der Waals surface area contributed by atoms with E-state index in [-0.39, 0.29) is 18.2 Å². The van der Waals surface area contributed by atoms with Gasteiger partial charge in [-0.3, -0.25) is 4.90 Å². The van der Waals surface area contributed by atoms with E-state index in [0.29, 0.717) is 13.0 Å². The van der Waals surface area contributed by atoms with Crippen LogP contribution in [-0.4, -0.2) is 55.8 Å². The number of hydrogen-bond donors (Lipinski definition) is 2. The van der Waals surface area contributed by atoms with E-state index in [2.05, 4.69) is 35.1 Å². The van der Waals surface area contributed by atoms with E-state index in [9.17, 15) is 13.5 Å². The van der Waals surface area contributed by atoms with E-state index in [0.717, 1.165) is 42.4 Å². The maximum absolute atomic E-state index is 12.0. The van der Waals surface area contributed by atoms with Crippen molar-refractivity contribution in [3.8, 4) is 11.1 Å². The molecule has 1 aliphatic heterocycles. The number of hydrogen-bond acceptors (Lipinski definition) is 5. The average Bonchev–Trinajstić information content (AvgIpc) is 3.53. The molecule has 2 N–H and O–H groups in total. The molecule has 0 aromatic heterocycles. The van der Waals surface area contributed by atoms with Crippen LogP contribution in [0.5, 0.6) is 0 Å².